The summed E-state index contributed by atoms with van der Waals surface area (Å²) in [7, 11) is 0. The van der Waals surface area contributed by atoms with Gasteiger partial charge in [0.2, 0.25) is 0 Å². The molecule has 3 N–H and O–H groups in total. The average molecular weight is 349 g/mol. The van der Waals surface area contributed by atoms with Crippen molar-refractivity contribution in [2.45, 2.75) is 27.3 Å². The number of rotatable bonds is 5. The summed E-state index contributed by atoms with van der Waals surface area (Å²) in [6.07, 6.45) is 1.80. The first-order chi connectivity index (χ1) is 12.5. The number of imidazole rings is 1. The highest BCUT2D eigenvalue weighted by Crippen LogP contribution is 2.24. The normalized spacial score (nSPS) is 10.7. The number of aromatic nitrogens is 3. The van der Waals surface area contributed by atoms with Crippen LogP contribution in [0.1, 0.15) is 27.4 Å². The van der Waals surface area contributed by atoms with Gasteiger partial charge >= 0.3 is 0 Å². The number of amides is 1. The van der Waals surface area contributed by atoms with Gasteiger partial charge in [-0.15, -0.1) is 0 Å². The smallest absolute Gasteiger partial charge is 0.251 e. The number of hydrogen-bond donors (Lipinski definition) is 2. The summed E-state index contributed by atoms with van der Waals surface area (Å²) in [6.45, 7) is 7.14. The van der Waals surface area contributed by atoms with E-state index in [4.69, 9.17) is 5.73 Å². The Morgan fingerprint density at radius 2 is 1.85 bits per heavy atom. The Morgan fingerprint density at radius 3 is 2.46 bits per heavy atom. The predicted molar refractivity (Wildman–Crippen MR) is 103 cm³/mol. The number of hydrogen-bond acceptors (Lipinski definition) is 4. The molecule has 0 spiro atoms. The number of aryl methyl sites for hydroxylation is 2. The number of nitrogens with one attached hydrogen (secondary N) is 1. The lowest BCUT2D eigenvalue weighted by molar-refractivity contribution is 0.0952. The van der Waals surface area contributed by atoms with Crippen molar-refractivity contribution in [1.82, 2.24) is 19.9 Å². The monoisotopic (exact) mass is 349 g/mol. The number of carbonyl (C=O) groups excluding carboxylic acids is 1. The minimum absolute atomic E-state index is 0.0963. The van der Waals surface area contributed by atoms with E-state index in [1.54, 1.807) is 18.5 Å². The van der Waals surface area contributed by atoms with Crippen LogP contribution in [0.25, 0.3) is 11.1 Å². The highest BCUT2D eigenvalue weighted by Gasteiger charge is 2.08. The molecule has 0 aliphatic carbocycles. The van der Waals surface area contributed by atoms with Gasteiger partial charge in [-0.1, -0.05) is 12.1 Å². The lowest BCUT2D eigenvalue weighted by Crippen LogP contribution is -2.27. The molecule has 3 aromatic rings. The quantitative estimate of drug-likeness (QED) is 0.741. The van der Waals surface area contributed by atoms with Crippen LogP contribution in [0.3, 0.4) is 0 Å². The molecule has 2 aromatic heterocycles. The molecule has 2 heterocycles. The maximum Gasteiger partial charge on any atom is 0.251 e. The summed E-state index contributed by atoms with van der Waals surface area (Å²) in [6, 6.07) is 11.3. The van der Waals surface area contributed by atoms with Crippen molar-refractivity contribution in [2.24, 2.45) is 0 Å². The minimum Gasteiger partial charge on any atom is -0.383 e. The molecule has 0 unspecified atom stereocenters. The lowest BCUT2D eigenvalue weighted by atomic mass is 10.0. The predicted octanol–water partition coefficient (Wildman–Crippen LogP) is 2.88. The van der Waals surface area contributed by atoms with E-state index in [1.165, 1.54) is 0 Å². The molecule has 6 nitrogen and oxygen atoms in total. The van der Waals surface area contributed by atoms with Gasteiger partial charge in [-0.05, 0) is 50.6 Å². The van der Waals surface area contributed by atoms with Crippen LogP contribution >= 0.6 is 0 Å². The molecular formula is C20H23N5O. The van der Waals surface area contributed by atoms with E-state index in [0.717, 1.165) is 28.2 Å². The Labute approximate surface area is 153 Å². The van der Waals surface area contributed by atoms with Crippen molar-refractivity contribution < 1.29 is 4.79 Å². The molecular weight excluding hydrogens is 326 g/mol. The Hall–Kier alpha value is -3.15. The summed E-state index contributed by atoms with van der Waals surface area (Å²) in [5.74, 6) is 0.397. The molecule has 0 fully saturated rings. The number of pyridine rings is 1. The number of carbonyl (C=O) groups is 1. The average Bonchev–Trinajstić information content (AvgIpc) is 2.94. The molecule has 1 aromatic carbocycles. The van der Waals surface area contributed by atoms with Gasteiger partial charge in [-0.3, -0.25) is 4.79 Å². The van der Waals surface area contributed by atoms with E-state index >= 15 is 0 Å². The van der Waals surface area contributed by atoms with Crippen molar-refractivity contribution in [3.05, 3.63) is 65.4 Å². The fourth-order valence-corrected chi connectivity index (χ4v) is 2.78. The summed E-state index contributed by atoms with van der Waals surface area (Å²) >= 11 is 0. The zero-order chi connectivity index (χ0) is 18.7. The van der Waals surface area contributed by atoms with Gasteiger partial charge in [0.1, 0.15) is 5.82 Å². The first kappa shape index (κ1) is 17.7. The second-order valence-electron chi connectivity index (χ2n) is 6.33. The molecule has 3 rings (SSSR count). The molecule has 6 heteroatoms. The van der Waals surface area contributed by atoms with Crippen LogP contribution in [0.15, 0.2) is 42.7 Å². The summed E-state index contributed by atoms with van der Waals surface area (Å²) in [4.78, 5) is 20.8. The van der Waals surface area contributed by atoms with E-state index in [0.29, 0.717) is 24.5 Å². The van der Waals surface area contributed by atoms with E-state index in [9.17, 15) is 4.79 Å². The highest BCUT2D eigenvalue weighted by atomic mass is 16.1. The van der Waals surface area contributed by atoms with E-state index < -0.39 is 0 Å². The van der Waals surface area contributed by atoms with Crippen LogP contribution in [0.5, 0.6) is 0 Å². The Balaban J connectivity index is 1.62. The summed E-state index contributed by atoms with van der Waals surface area (Å²) in [5, 5.41) is 2.94. The van der Waals surface area contributed by atoms with Crippen LogP contribution < -0.4 is 11.1 Å². The van der Waals surface area contributed by atoms with E-state index in [-0.39, 0.29) is 5.91 Å². The summed E-state index contributed by atoms with van der Waals surface area (Å²) in [5.41, 5.74) is 11.4. The third kappa shape index (κ3) is 3.74. The van der Waals surface area contributed by atoms with Crippen molar-refractivity contribution in [1.29, 1.82) is 0 Å². The lowest BCUT2D eigenvalue weighted by Gasteiger charge is -2.09. The fourth-order valence-electron chi connectivity index (χ4n) is 2.78. The van der Waals surface area contributed by atoms with Crippen LogP contribution in [0.4, 0.5) is 5.82 Å². The number of benzene rings is 1. The minimum atomic E-state index is -0.0963. The zero-order valence-electron chi connectivity index (χ0n) is 15.3. The number of nitrogen functional groups attached to an aromatic ring is 1. The fraction of sp³-hybridized carbons (Fsp3) is 0.250. The Kier molecular flexibility index (Phi) is 5.02. The third-order valence-corrected chi connectivity index (χ3v) is 4.51. The summed E-state index contributed by atoms with van der Waals surface area (Å²) < 4.78 is 2.03. The Morgan fingerprint density at radius 1 is 1.12 bits per heavy atom. The molecule has 0 aliphatic rings. The van der Waals surface area contributed by atoms with Gasteiger partial charge < -0.3 is 15.6 Å². The van der Waals surface area contributed by atoms with E-state index in [2.05, 4.69) is 15.3 Å². The van der Waals surface area contributed by atoms with Gasteiger partial charge in [0, 0.05) is 35.6 Å². The first-order valence-corrected chi connectivity index (χ1v) is 8.56. The molecule has 0 atom stereocenters. The standard InChI is InChI=1S/C20H23N5O/c1-13-4-9-18(19(21)24-13)16-5-7-17(8-6-16)20(26)22-10-11-25-12-23-14(2)15(25)3/h4-9,12H,10-11H2,1-3H3,(H2,21,24)(H,22,26). The maximum atomic E-state index is 12.3. The molecule has 1 amide bonds. The largest absolute Gasteiger partial charge is 0.383 e. The highest BCUT2D eigenvalue weighted by molar-refractivity contribution is 5.94. The van der Waals surface area contributed by atoms with Gasteiger partial charge in [0.15, 0.2) is 0 Å². The van der Waals surface area contributed by atoms with Gasteiger partial charge in [-0.25, -0.2) is 9.97 Å². The second kappa shape index (κ2) is 7.39. The second-order valence-corrected chi connectivity index (χ2v) is 6.33. The van der Waals surface area contributed by atoms with E-state index in [1.807, 2.05) is 49.6 Å². The first-order valence-electron chi connectivity index (χ1n) is 8.56. The SMILES string of the molecule is Cc1ccc(-c2ccc(C(=O)NCCn3cnc(C)c3C)cc2)c(N)n1. The number of nitrogens with two attached hydrogens (primary N) is 1. The topological polar surface area (TPSA) is 85.8 Å². The van der Waals surface area contributed by atoms with Gasteiger partial charge in [0.05, 0.1) is 12.0 Å². The van der Waals surface area contributed by atoms with Crippen molar-refractivity contribution in [3.63, 3.8) is 0 Å². The van der Waals surface area contributed by atoms with Crippen LogP contribution in [0.2, 0.25) is 0 Å². The number of nitrogens with zero attached hydrogens (tertiary/aromatic N) is 3. The Bertz CT molecular complexity index is 928. The van der Waals surface area contributed by atoms with Gasteiger partial charge in [-0.2, -0.15) is 0 Å². The molecule has 0 bridgehead atoms. The molecule has 0 saturated heterocycles. The number of anilines is 1. The molecule has 0 saturated carbocycles. The molecule has 0 radical (unpaired) electrons. The molecule has 134 valence electrons. The van der Waals surface area contributed by atoms with Gasteiger partial charge in [0.25, 0.3) is 5.91 Å². The van der Waals surface area contributed by atoms with Crippen LogP contribution in [-0.4, -0.2) is 27.0 Å². The van der Waals surface area contributed by atoms with Crippen LogP contribution in [0, 0.1) is 20.8 Å². The molecule has 26 heavy (non-hydrogen) atoms. The van der Waals surface area contributed by atoms with Crippen molar-refractivity contribution in [3.8, 4) is 11.1 Å². The van der Waals surface area contributed by atoms with Crippen molar-refractivity contribution >= 4 is 11.7 Å². The zero-order valence-corrected chi connectivity index (χ0v) is 15.3. The third-order valence-electron chi connectivity index (χ3n) is 4.51. The maximum absolute atomic E-state index is 12.3. The van der Waals surface area contributed by atoms with Crippen molar-refractivity contribution in [2.75, 3.05) is 12.3 Å². The molecule has 0 aliphatic heterocycles. The van der Waals surface area contributed by atoms with Crippen LogP contribution in [-0.2, 0) is 6.54 Å².